The zero-order valence-electron chi connectivity index (χ0n) is 14.8. The van der Waals surface area contributed by atoms with E-state index >= 15 is 0 Å². The molecular formula is C18H26N2O4. The van der Waals surface area contributed by atoms with Gasteiger partial charge < -0.3 is 20.1 Å². The summed E-state index contributed by atoms with van der Waals surface area (Å²) in [5.41, 5.74) is 1.71. The van der Waals surface area contributed by atoms with Gasteiger partial charge in [-0.1, -0.05) is 24.6 Å². The smallest absolute Gasteiger partial charge is 0.349 e. The number of rotatable bonds is 9. The molecule has 0 amide bonds. The monoisotopic (exact) mass is 334 g/mol. The Balaban J connectivity index is 3.23. The molecule has 0 atom stereocenters. The van der Waals surface area contributed by atoms with E-state index in [0.717, 1.165) is 17.7 Å². The van der Waals surface area contributed by atoms with Crippen molar-refractivity contribution in [2.24, 2.45) is 0 Å². The second-order valence-electron chi connectivity index (χ2n) is 5.11. The molecule has 0 aliphatic heterocycles. The van der Waals surface area contributed by atoms with Crippen molar-refractivity contribution in [1.29, 1.82) is 0 Å². The molecule has 6 heteroatoms. The Hall–Kier alpha value is -2.50. The summed E-state index contributed by atoms with van der Waals surface area (Å²) >= 11 is 0. The first-order chi connectivity index (χ1) is 11.5. The lowest BCUT2D eigenvalue weighted by Gasteiger charge is -2.17. The van der Waals surface area contributed by atoms with Crippen LogP contribution in [0.25, 0.3) is 0 Å². The maximum absolute atomic E-state index is 12.2. The van der Waals surface area contributed by atoms with Crippen LogP contribution in [0.2, 0.25) is 0 Å². The van der Waals surface area contributed by atoms with E-state index in [1.165, 1.54) is 0 Å². The number of nitrogens with one attached hydrogen (secondary N) is 2. The zero-order chi connectivity index (χ0) is 17.9. The molecule has 0 heterocycles. The van der Waals surface area contributed by atoms with Crippen LogP contribution >= 0.6 is 0 Å². The number of esters is 2. The Morgan fingerprint density at radius 2 is 1.50 bits per heavy atom. The minimum atomic E-state index is -0.714. The predicted molar refractivity (Wildman–Crippen MR) is 93.4 cm³/mol. The van der Waals surface area contributed by atoms with Crippen molar-refractivity contribution in [2.75, 3.05) is 25.1 Å². The zero-order valence-corrected chi connectivity index (χ0v) is 14.8. The molecule has 24 heavy (non-hydrogen) atoms. The minimum Gasteiger partial charge on any atom is -0.462 e. The number of aryl methyl sites for hydroxylation is 1. The first-order valence-corrected chi connectivity index (χ1v) is 8.19. The van der Waals surface area contributed by atoms with E-state index in [-0.39, 0.29) is 24.6 Å². The highest BCUT2D eigenvalue weighted by Crippen LogP contribution is 2.15. The van der Waals surface area contributed by atoms with Gasteiger partial charge >= 0.3 is 11.9 Å². The number of anilines is 1. The Kier molecular flexibility index (Phi) is 8.39. The Bertz CT molecular complexity index is 559. The minimum absolute atomic E-state index is 0.160. The first-order valence-electron chi connectivity index (χ1n) is 8.19. The fourth-order valence-corrected chi connectivity index (χ4v) is 1.92. The number of ether oxygens (including phenoxy) is 2. The average molecular weight is 334 g/mol. The molecule has 6 nitrogen and oxygen atoms in total. The van der Waals surface area contributed by atoms with Crippen LogP contribution in [0.4, 0.5) is 5.69 Å². The van der Waals surface area contributed by atoms with Crippen molar-refractivity contribution < 1.29 is 19.1 Å². The number of hydrogen-bond donors (Lipinski definition) is 2. The fraction of sp³-hybridized carbons (Fsp3) is 0.444. The van der Waals surface area contributed by atoms with Crippen molar-refractivity contribution in [3.05, 3.63) is 41.2 Å². The lowest BCUT2D eigenvalue weighted by molar-refractivity contribution is -0.146. The fourth-order valence-electron chi connectivity index (χ4n) is 1.92. The first kappa shape index (κ1) is 19.5. The topological polar surface area (TPSA) is 76.7 Å². The Morgan fingerprint density at radius 1 is 0.958 bits per heavy atom. The molecule has 1 rings (SSSR count). The highest BCUT2D eigenvalue weighted by Gasteiger charge is 2.26. The van der Waals surface area contributed by atoms with Crippen LogP contribution in [-0.2, 0) is 19.1 Å². The summed E-state index contributed by atoms with van der Waals surface area (Å²) in [6.45, 7) is 8.29. The van der Waals surface area contributed by atoms with E-state index in [2.05, 4.69) is 10.6 Å². The molecule has 0 radical (unpaired) electrons. The molecular weight excluding hydrogens is 308 g/mol. The number of hydrogen-bond acceptors (Lipinski definition) is 6. The van der Waals surface area contributed by atoms with Crippen LogP contribution < -0.4 is 10.6 Å². The van der Waals surface area contributed by atoms with Crippen molar-refractivity contribution in [3.8, 4) is 0 Å². The van der Waals surface area contributed by atoms with E-state index in [1.807, 2.05) is 38.1 Å². The summed E-state index contributed by atoms with van der Waals surface area (Å²) in [5.74, 6) is -1.14. The summed E-state index contributed by atoms with van der Waals surface area (Å²) < 4.78 is 10.0. The highest BCUT2D eigenvalue weighted by molar-refractivity contribution is 6.15. The van der Waals surface area contributed by atoms with Gasteiger partial charge in [-0.3, -0.25) is 0 Å². The van der Waals surface area contributed by atoms with Crippen LogP contribution in [0.1, 0.15) is 32.8 Å². The molecule has 0 saturated carbocycles. The second-order valence-corrected chi connectivity index (χ2v) is 5.11. The third-order valence-corrected chi connectivity index (χ3v) is 3.08. The normalized spacial score (nSPS) is 9.83. The van der Waals surface area contributed by atoms with E-state index in [1.54, 1.807) is 13.8 Å². The van der Waals surface area contributed by atoms with Crippen molar-refractivity contribution in [1.82, 2.24) is 5.32 Å². The molecule has 2 N–H and O–H groups in total. The summed E-state index contributed by atoms with van der Waals surface area (Å²) in [6.07, 6.45) is 0.831. The molecule has 0 bridgehead atoms. The molecule has 0 spiro atoms. The van der Waals surface area contributed by atoms with Crippen LogP contribution in [-0.4, -0.2) is 31.7 Å². The maximum Gasteiger partial charge on any atom is 0.349 e. The van der Waals surface area contributed by atoms with E-state index in [4.69, 9.17) is 9.47 Å². The highest BCUT2D eigenvalue weighted by atomic mass is 16.6. The van der Waals surface area contributed by atoms with E-state index < -0.39 is 11.9 Å². The van der Waals surface area contributed by atoms with Gasteiger partial charge in [-0.2, -0.15) is 0 Å². The molecule has 0 aliphatic rings. The molecule has 0 fully saturated rings. The van der Waals surface area contributed by atoms with Gasteiger partial charge in [0.15, 0.2) is 5.57 Å². The van der Waals surface area contributed by atoms with Gasteiger partial charge in [-0.05, 0) is 39.3 Å². The van der Waals surface area contributed by atoms with Gasteiger partial charge in [0.05, 0.1) is 13.2 Å². The second kappa shape index (κ2) is 10.3. The van der Waals surface area contributed by atoms with Gasteiger partial charge in [0.25, 0.3) is 0 Å². The van der Waals surface area contributed by atoms with Gasteiger partial charge in [-0.15, -0.1) is 0 Å². The van der Waals surface area contributed by atoms with Crippen LogP contribution in [0.5, 0.6) is 0 Å². The van der Waals surface area contributed by atoms with E-state index in [0.29, 0.717) is 6.54 Å². The lowest BCUT2D eigenvalue weighted by atomic mass is 10.2. The Labute approximate surface area is 143 Å². The number of carbonyl (C=O) groups is 2. The third kappa shape index (κ3) is 5.95. The summed E-state index contributed by atoms with van der Waals surface area (Å²) in [5, 5.41) is 6.16. The Morgan fingerprint density at radius 3 is 1.96 bits per heavy atom. The molecule has 0 aromatic heterocycles. The van der Waals surface area contributed by atoms with E-state index in [9.17, 15) is 9.59 Å². The molecule has 0 saturated heterocycles. The standard InChI is InChI=1S/C18H26N2O4/c1-5-12-19-16(20-14-10-8-13(4)9-11-14)15(17(21)23-6-2)18(22)24-7-3/h8-11,19-20H,5-7,12H2,1-4H3. The van der Waals surface area contributed by atoms with Crippen LogP contribution in [0.15, 0.2) is 35.7 Å². The van der Waals surface area contributed by atoms with Gasteiger partial charge in [0, 0.05) is 12.2 Å². The summed E-state index contributed by atoms with van der Waals surface area (Å²) in [4.78, 5) is 24.5. The van der Waals surface area contributed by atoms with Gasteiger partial charge in [-0.25, -0.2) is 9.59 Å². The van der Waals surface area contributed by atoms with Crippen molar-refractivity contribution in [3.63, 3.8) is 0 Å². The van der Waals surface area contributed by atoms with Crippen LogP contribution in [0, 0.1) is 6.92 Å². The van der Waals surface area contributed by atoms with Gasteiger partial charge in [0.2, 0.25) is 0 Å². The van der Waals surface area contributed by atoms with Crippen molar-refractivity contribution >= 4 is 17.6 Å². The number of carbonyl (C=O) groups excluding carboxylic acids is 2. The molecule has 1 aromatic carbocycles. The molecule has 0 aliphatic carbocycles. The predicted octanol–water partition coefficient (Wildman–Crippen LogP) is 2.74. The largest absolute Gasteiger partial charge is 0.462 e. The summed E-state index contributed by atoms with van der Waals surface area (Å²) in [6, 6.07) is 7.62. The SMILES string of the molecule is CCCNC(Nc1ccc(C)cc1)=C(C(=O)OCC)C(=O)OCC. The van der Waals surface area contributed by atoms with Crippen molar-refractivity contribution in [2.45, 2.75) is 34.1 Å². The quantitative estimate of drug-likeness (QED) is 0.313. The number of benzene rings is 1. The summed E-state index contributed by atoms with van der Waals surface area (Å²) in [7, 11) is 0. The lowest BCUT2D eigenvalue weighted by Crippen LogP contribution is -2.30. The third-order valence-electron chi connectivity index (χ3n) is 3.08. The molecule has 0 unspecified atom stereocenters. The van der Waals surface area contributed by atoms with Crippen LogP contribution in [0.3, 0.4) is 0 Å². The molecule has 1 aromatic rings. The average Bonchev–Trinajstić information content (AvgIpc) is 2.55. The maximum atomic E-state index is 12.2. The van der Waals surface area contributed by atoms with Gasteiger partial charge in [0.1, 0.15) is 5.82 Å². The molecule has 132 valence electrons.